The smallest absolute Gasteiger partial charge is 0.122 e. The predicted molar refractivity (Wildman–Crippen MR) is 76.8 cm³/mol. The van der Waals surface area contributed by atoms with Gasteiger partial charge in [0.2, 0.25) is 0 Å². The summed E-state index contributed by atoms with van der Waals surface area (Å²) in [5.41, 5.74) is 0. The van der Waals surface area contributed by atoms with E-state index in [2.05, 4.69) is 27.2 Å². The van der Waals surface area contributed by atoms with Gasteiger partial charge in [-0.25, -0.2) is 4.98 Å². The highest BCUT2D eigenvalue weighted by Crippen LogP contribution is 2.30. The number of nitrogens with zero attached hydrogens (tertiary/aromatic N) is 2. The van der Waals surface area contributed by atoms with Crippen molar-refractivity contribution >= 4 is 0 Å². The number of hydrogen-bond acceptors (Lipinski definition) is 3. The van der Waals surface area contributed by atoms with Gasteiger partial charge in [-0.1, -0.05) is 12.8 Å². The van der Waals surface area contributed by atoms with Crippen LogP contribution in [0, 0.1) is 5.92 Å². The van der Waals surface area contributed by atoms with Gasteiger partial charge in [-0.3, -0.25) is 0 Å². The topological polar surface area (TPSA) is 41.9 Å². The third-order valence-corrected chi connectivity index (χ3v) is 4.88. The Morgan fingerprint density at radius 1 is 1.32 bits per heavy atom. The van der Waals surface area contributed by atoms with Crippen LogP contribution in [0.3, 0.4) is 0 Å². The second-order valence-electron chi connectivity index (χ2n) is 6.09. The van der Waals surface area contributed by atoms with Gasteiger partial charge < -0.3 is 15.2 Å². The minimum absolute atomic E-state index is 0.668. The van der Waals surface area contributed by atoms with Crippen LogP contribution in [0.5, 0.6) is 0 Å². The van der Waals surface area contributed by atoms with Crippen molar-refractivity contribution in [3.63, 3.8) is 0 Å². The van der Waals surface area contributed by atoms with Crippen LogP contribution < -0.4 is 10.6 Å². The second kappa shape index (κ2) is 6.06. The van der Waals surface area contributed by atoms with Crippen molar-refractivity contribution in [2.75, 3.05) is 6.54 Å². The average molecular weight is 262 g/mol. The fourth-order valence-corrected chi connectivity index (χ4v) is 3.76. The summed E-state index contributed by atoms with van der Waals surface area (Å²) in [4.78, 5) is 4.41. The van der Waals surface area contributed by atoms with E-state index < -0.39 is 0 Å². The van der Waals surface area contributed by atoms with Crippen molar-refractivity contribution in [2.45, 2.75) is 57.2 Å². The van der Waals surface area contributed by atoms with Crippen molar-refractivity contribution in [2.24, 2.45) is 13.0 Å². The molecule has 1 aromatic rings. The SMILES string of the molecule is Cn1ccnc1CNC1CCCCC1C1CCCN1. The Kier molecular flexibility index (Phi) is 4.18. The molecule has 4 heteroatoms. The predicted octanol–water partition coefficient (Wildman–Crippen LogP) is 1.82. The normalized spacial score (nSPS) is 31.7. The standard InChI is InChI=1S/C15H26N4/c1-19-10-9-17-15(19)11-18-14-6-3-2-5-12(14)13-7-4-8-16-13/h9-10,12-14,16,18H,2-8,11H2,1H3. The van der Waals surface area contributed by atoms with Crippen LogP contribution in [0.4, 0.5) is 0 Å². The highest BCUT2D eigenvalue weighted by Gasteiger charge is 2.32. The van der Waals surface area contributed by atoms with E-state index in [-0.39, 0.29) is 0 Å². The molecule has 3 rings (SSSR count). The largest absolute Gasteiger partial charge is 0.337 e. The molecule has 3 atom stereocenters. The van der Waals surface area contributed by atoms with Gasteiger partial charge in [-0.05, 0) is 38.1 Å². The monoisotopic (exact) mass is 262 g/mol. The molecule has 4 nitrogen and oxygen atoms in total. The third-order valence-electron chi connectivity index (χ3n) is 4.88. The molecule has 3 unspecified atom stereocenters. The zero-order chi connectivity index (χ0) is 13.1. The fourth-order valence-electron chi connectivity index (χ4n) is 3.76. The molecule has 0 aromatic carbocycles. The molecule has 0 spiro atoms. The van der Waals surface area contributed by atoms with Crippen molar-refractivity contribution < 1.29 is 0 Å². The van der Waals surface area contributed by atoms with Crippen LogP contribution in [0.15, 0.2) is 12.4 Å². The van der Waals surface area contributed by atoms with Gasteiger partial charge in [0, 0.05) is 31.5 Å². The van der Waals surface area contributed by atoms with Crippen LogP contribution in [-0.4, -0.2) is 28.2 Å². The van der Waals surface area contributed by atoms with E-state index in [1.165, 1.54) is 45.1 Å². The third kappa shape index (κ3) is 3.00. The molecular weight excluding hydrogens is 236 g/mol. The van der Waals surface area contributed by atoms with Gasteiger partial charge in [0.1, 0.15) is 5.82 Å². The van der Waals surface area contributed by atoms with Gasteiger partial charge in [0.05, 0.1) is 6.54 Å². The molecule has 0 radical (unpaired) electrons. The lowest BCUT2D eigenvalue weighted by Gasteiger charge is -2.36. The number of nitrogens with one attached hydrogen (secondary N) is 2. The molecule has 1 aliphatic carbocycles. The quantitative estimate of drug-likeness (QED) is 0.870. The molecule has 1 saturated heterocycles. The number of imidazole rings is 1. The Balaban J connectivity index is 1.59. The van der Waals surface area contributed by atoms with E-state index >= 15 is 0 Å². The minimum atomic E-state index is 0.668. The minimum Gasteiger partial charge on any atom is -0.337 e. The molecule has 0 bridgehead atoms. The first-order chi connectivity index (χ1) is 9.34. The Morgan fingerprint density at radius 3 is 2.95 bits per heavy atom. The zero-order valence-electron chi connectivity index (χ0n) is 11.9. The summed E-state index contributed by atoms with van der Waals surface area (Å²) >= 11 is 0. The first kappa shape index (κ1) is 13.1. The molecule has 2 heterocycles. The van der Waals surface area contributed by atoms with Crippen LogP contribution in [0.1, 0.15) is 44.3 Å². The summed E-state index contributed by atoms with van der Waals surface area (Å²) < 4.78 is 2.11. The van der Waals surface area contributed by atoms with Crippen LogP contribution in [0.2, 0.25) is 0 Å². The molecule has 106 valence electrons. The number of aromatic nitrogens is 2. The first-order valence-electron chi connectivity index (χ1n) is 7.77. The maximum atomic E-state index is 4.41. The van der Waals surface area contributed by atoms with Gasteiger partial charge in [-0.15, -0.1) is 0 Å². The summed E-state index contributed by atoms with van der Waals surface area (Å²) in [5.74, 6) is 1.96. The lowest BCUT2D eigenvalue weighted by Crippen LogP contribution is -2.46. The number of rotatable bonds is 4. The Bertz CT molecular complexity index is 395. The fraction of sp³-hybridized carbons (Fsp3) is 0.800. The molecule has 0 amide bonds. The first-order valence-corrected chi connectivity index (χ1v) is 7.77. The molecule has 19 heavy (non-hydrogen) atoms. The van der Waals surface area contributed by atoms with Crippen molar-refractivity contribution in [1.29, 1.82) is 0 Å². The molecule has 1 saturated carbocycles. The average Bonchev–Trinajstić information content (AvgIpc) is 3.08. The van der Waals surface area contributed by atoms with Gasteiger partial charge in [0.25, 0.3) is 0 Å². The summed E-state index contributed by atoms with van der Waals surface area (Å²) in [5, 5.41) is 7.47. The summed E-state index contributed by atoms with van der Waals surface area (Å²) in [6.45, 7) is 2.12. The van der Waals surface area contributed by atoms with Gasteiger partial charge in [-0.2, -0.15) is 0 Å². The molecule has 1 aromatic heterocycles. The molecule has 2 fully saturated rings. The van der Waals surface area contributed by atoms with Gasteiger partial charge >= 0.3 is 0 Å². The van der Waals surface area contributed by atoms with Crippen molar-refractivity contribution in [1.82, 2.24) is 20.2 Å². The number of hydrogen-bond donors (Lipinski definition) is 2. The Morgan fingerprint density at radius 2 is 2.21 bits per heavy atom. The summed E-state index contributed by atoms with van der Waals surface area (Å²) in [6.07, 6.45) is 12.1. The molecular formula is C15H26N4. The van der Waals surface area contributed by atoms with E-state index in [1.54, 1.807) is 0 Å². The summed E-state index contributed by atoms with van der Waals surface area (Å²) in [6, 6.07) is 1.42. The van der Waals surface area contributed by atoms with E-state index in [1.807, 2.05) is 12.4 Å². The molecule has 1 aliphatic heterocycles. The summed E-state index contributed by atoms with van der Waals surface area (Å²) in [7, 11) is 2.07. The van der Waals surface area contributed by atoms with E-state index in [0.717, 1.165) is 24.3 Å². The second-order valence-corrected chi connectivity index (χ2v) is 6.09. The maximum Gasteiger partial charge on any atom is 0.122 e. The van der Waals surface area contributed by atoms with Crippen LogP contribution in [0.25, 0.3) is 0 Å². The Labute approximate surface area is 116 Å². The number of aryl methyl sites for hydroxylation is 1. The lowest BCUT2D eigenvalue weighted by molar-refractivity contribution is 0.212. The van der Waals surface area contributed by atoms with Crippen LogP contribution in [-0.2, 0) is 13.6 Å². The molecule has 2 aliphatic rings. The molecule has 2 N–H and O–H groups in total. The highest BCUT2D eigenvalue weighted by molar-refractivity contribution is 4.95. The maximum absolute atomic E-state index is 4.41. The Hall–Kier alpha value is -0.870. The van der Waals surface area contributed by atoms with E-state index in [9.17, 15) is 0 Å². The van der Waals surface area contributed by atoms with E-state index in [0.29, 0.717) is 6.04 Å². The van der Waals surface area contributed by atoms with Gasteiger partial charge in [0.15, 0.2) is 0 Å². The lowest BCUT2D eigenvalue weighted by atomic mass is 9.79. The highest BCUT2D eigenvalue weighted by atomic mass is 15.1. The van der Waals surface area contributed by atoms with E-state index in [4.69, 9.17) is 0 Å². The van der Waals surface area contributed by atoms with Crippen LogP contribution >= 0.6 is 0 Å². The zero-order valence-corrected chi connectivity index (χ0v) is 11.9. The van der Waals surface area contributed by atoms with Crippen molar-refractivity contribution in [3.05, 3.63) is 18.2 Å². The van der Waals surface area contributed by atoms with Crippen molar-refractivity contribution in [3.8, 4) is 0 Å².